The number of carbonyl (C=O) groups is 1. The van der Waals surface area contributed by atoms with Crippen molar-refractivity contribution in [2.75, 3.05) is 12.8 Å². The van der Waals surface area contributed by atoms with E-state index in [-0.39, 0.29) is 5.24 Å². The second-order valence-corrected chi connectivity index (χ2v) is 7.87. The predicted octanol–water partition coefficient (Wildman–Crippen LogP) is 3.95. The summed E-state index contributed by atoms with van der Waals surface area (Å²) >= 11 is 6.37. The van der Waals surface area contributed by atoms with E-state index in [1.54, 1.807) is 0 Å². The van der Waals surface area contributed by atoms with Crippen molar-refractivity contribution < 1.29 is 4.79 Å². The minimum Gasteiger partial charge on any atom is -0.330 e. The number of thioether (sulfide) groups is 1. The highest BCUT2D eigenvalue weighted by atomic mass is 127. The fraction of sp³-hybridized carbons (Fsp3) is 0.900. The van der Waals surface area contributed by atoms with Crippen LogP contribution >= 0.6 is 56.9 Å². The molecule has 0 bridgehead atoms. The van der Waals surface area contributed by atoms with Crippen LogP contribution in [-0.4, -0.2) is 36.8 Å². The second-order valence-electron chi connectivity index (χ2n) is 3.75. The molecular formula is C10H17I2NOS. The summed E-state index contributed by atoms with van der Waals surface area (Å²) in [6.45, 7) is 2.92. The molecular weight excluding hydrogens is 436 g/mol. The van der Waals surface area contributed by atoms with Crippen LogP contribution in [-0.2, 0) is 0 Å². The Labute approximate surface area is 124 Å². The molecule has 2 nitrogen and oxygen atoms in total. The number of halogens is 2. The zero-order chi connectivity index (χ0) is 11.4. The fourth-order valence-corrected chi connectivity index (χ4v) is 4.42. The van der Waals surface area contributed by atoms with Crippen LogP contribution in [0.15, 0.2) is 0 Å². The molecule has 15 heavy (non-hydrogen) atoms. The van der Waals surface area contributed by atoms with Crippen molar-refractivity contribution in [1.82, 2.24) is 4.90 Å². The maximum absolute atomic E-state index is 11.8. The lowest BCUT2D eigenvalue weighted by Crippen LogP contribution is -2.46. The van der Waals surface area contributed by atoms with E-state index in [2.05, 4.69) is 52.1 Å². The zero-order valence-corrected chi connectivity index (χ0v) is 14.2. The van der Waals surface area contributed by atoms with Crippen LogP contribution in [0, 0.1) is 0 Å². The summed E-state index contributed by atoms with van der Waals surface area (Å²) in [7, 11) is 0. The van der Waals surface area contributed by atoms with E-state index in [1.807, 2.05) is 11.2 Å². The Hall–Kier alpha value is 1.28. The molecule has 0 aromatic heterocycles. The standard InChI is InChI=1S/C10H17I2NOS/c1-3-13(10(14)15-2)9-6-7(11)4-5-8(9)12/h7-9H,3-6H2,1-2H3/t7-,8+,9+/m0/s1. The Morgan fingerprint density at radius 2 is 2.13 bits per heavy atom. The summed E-state index contributed by atoms with van der Waals surface area (Å²) in [4.78, 5) is 13.8. The van der Waals surface area contributed by atoms with Gasteiger partial charge in [-0.3, -0.25) is 4.79 Å². The highest BCUT2D eigenvalue weighted by Crippen LogP contribution is 2.33. The molecule has 0 aromatic carbocycles. The van der Waals surface area contributed by atoms with Crippen molar-refractivity contribution in [3.05, 3.63) is 0 Å². The molecule has 0 spiro atoms. The van der Waals surface area contributed by atoms with Crippen LogP contribution in [0.5, 0.6) is 0 Å². The Morgan fingerprint density at radius 1 is 1.47 bits per heavy atom. The van der Waals surface area contributed by atoms with Gasteiger partial charge < -0.3 is 4.90 Å². The Balaban J connectivity index is 2.68. The molecule has 0 unspecified atom stereocenters. The van der Waals surface area contributed by atoms with Crippen LogP contribution in [0.1, 0.15) is 26.2 Å². The molecule has 5 heteroatoms. The fourth-order valence-electron chi connectivity index (χ4n) is 2.00. The summed E-state index contributed by atoms with van der Waals surface area (Å²) in [6.07, 6.45) is 5.58. The smallest absolute Gasteiger partial charge is 0.281 e. The van der Waals surface area contributed by atoms with E-state index in [9.17, 15) is 4.79 Å². The number of hydrogen-bond donors (Lipinski definition) is 0. The molecule has 0 heterocycles. The molecule has 0 saturated heterocycles. The molecule has 1 aliphatic rings. The van der Waals surface area contributed by atoms with Crippen LogP contribution in [0.25, 0.3) is 0 Å². The van der Waals surface area contributed by atoms with Gasteiger partial charge in [0, 0.05) is 20.4 Å². The highest BCUT2D eigenvalue weighted by molar-refractivity contribution is 14.1. The lowest BCUT2D eigenvalue weighted by Gasteiger charge is -2.38. The lowest BCUT2D eigenvalue weighted by atomic mass is 9.94. The summed E-state index contributed by atoms with van der Waals surface area (Å²) in [5.74, 6) is 0. The molecule has 88 valence electrons. The first kappa shape index (κ1) is 14.3. The van der Waals surface area contributed by atoms with Crippen molar-refractivity contribution >= 4 is 62.2 Å². The van der Waals surface area contributed by atoms with Crippen LogP contribution < -0.4 is 0 Å². The molecule has 1 saturated carbocycles. The van der Waals surface area contributed by atoms with E-state index < -0.39 is 0 Å². The molecule has 0 aromatic rings. The number of nitrogens with zero attached hydrogens (tertiary/aromatic N) is 1. The average Bonchev–Trinajstić information content (AvgIpc) is 2.23. The lowest BCUT2D eigenvalue weighted by molar-refractivity contribution is 0.190. The quantitative estimate of drug-likeness (QED) is 0.467. The SMILES string of the molecule is CCN(C(=O)SC)[C@@H]1C[C@@H](I)CC[C@H]1I. The van der Waals surface area contributed by atoms with E-state index in [4.69, 9.17) is 0 Å². The first-order chi connectivity index (χ1) is 7.10. The summed E-state index contributed by atoms with van der Waals surface area (Å²) in [5.41, 5.74) is 0. The monoisotopic (exact) mass is 453 g/mol. The summed E-state index contributed by atoms with van der Waals surface area (Å²) in [6, 6.07) is 0.450. The van der Waals surface area contributed by atoms with Gasteiger partial charge >= 0.3 is 0 Å². The molecule has 0 radical (unpaired) electrons. The van der Waals surface area contributed by atoms with Crippen molar-refractivity contribution in [3.8, 4) is 0 Å². The van der Waals surface area contributed by atoms with Crippen LogP contribution in [0.4, 0.5) is 4.79 Å². The van der Waals surface area contributed by atoms with Gasteiger partial charge in [0.1, 0.15) is 0 Å². The van der Waals surface area contributed by atoms with Crippen molar-refractivity contribution in [1.29, 1.82) is 0 Å². The second kappa shape index (κ2) is 6.88. The Kier molecular flexibility index (Phi) is 6.58. The molecule has 0 aliphatic heterocycles. The van der Waals surface area contributed by atoms with Gasteiger partial charge in [0.2, 0.25) is 0 Å². The molecule has 1 rings (SSSR count). The first-order valence-corrected chi connectivity index (χ1v) is 8.94. The normalized spacial score (nSPS) is 31.3. The minimum absolute atomic E-state index is 0.231. The van der Waals surface area contributed by atoms with Gasteiger partial charge in [0.25, 0.3) is 5.24 Å². The van der Waals surface area contributed by atoms with E-state index in [1.165, 1.54) is 24.6 Å². The third-order valence-electron chi connectivity index (χ3n) is 2.82. The van der Waals surface area contributed by atoms with Gasteiger partial charge in [-0.25, -0.2) is 0 Å². The number of amides is 1. The minimum atomic E-state index is 0.231. The van der Waals surface area contributed by atoms with Gasteiger partial charge in [0.15, 0.2) is 0 Å². The topological polar surface area (TPSA) is 20.3 Å². The first-order valence-electron chi connectivity index (χ1n) is 5.22. The maximum atomic E-state index is 11.8. The number of hydrogen-bond acceptors (Lipinski definition) is 2. The van der Waals surface area contributed by atoms with E-state index in [0.717, 1.165) is 16.9 Å². The van der Waals surface area contributed by atoms with Gasteiger partial charge in [-0.1, -0.05) is 56.9 Å². The van der Waals surface area contributed by atoms with Crippen LogP contribution in [0.3, 0.4) is 0 Å². The molecule has 0 N–H and O–H groups in total. The molecule has 1 aliphatic carbocycles. The van der Waals surface area contributed by atoms with Gasteiger partial charge in [-0.05, 0) is 32.4 Å². The summed E-state index contributed by atoms with van der Waals surface area (Å²) < 4.78 is 1.37. The Morgan fingerprint density at radius 3 is 2.67 bits per heavy atom. The van der Waals surface area contributed by atoms with Crippen molar-refractivity contribution in [2.45, 2.75) is 40.1 Å². The van der Waals surface area contributed by atoms with E-state index in [0.29, 0.717) is 9.97 Å². The molecule has 1 fully saturated rings. The third-order valence-corrected chi connectivity index (χ3v) is 5.99. The van der Waals surface area contributed by atoms with Gasteiger partial charge in [-0.15, -0.1) is 0 Å². The van der Waals surface area contributed by atoms with Crippen molar-refractivity contribution in [3.63, 3.8) is 0 Å². The highest BCUT2D eigenvalue weighted by Gasteiger charge is 2.33. The Bertz CT molecular complexity index is 227. The number of alkyl halides is 2. The third kappa shape index (κ3) is 3.90. The zero-order valence-electron chi connectivity index (χ0n) is 9.08. The predicted molar refractivity (Wildman–Crippen MR) is 84.5 cm³/mol. The van der Waals surface area contributed by atoms with Crippen molar-refractivity contribution in [2.24, 2.45) is 0 Å². The summed E-state index contributed by atoms with van der Waals surface area (Å²) in [5, 5.41) is 0.231. The van der Waals surface area contributed by atoms with Gasteiger partial charge in [0.05, 0.1) is 0 Å². The van der Waals surface area contributed by atoms with Crippen LogP contribution in [0.2, 0.25) is 0 Å². The maximum Gasteiger partial charge on any atom is 0.281 e. The molecule has 3 atom stereocenters. The average molecular weight is 453 g/mol. The number of carbonyl (C=O) groups excluding carboxylic acids is 1. The number of rotatable bonds is 2. The van der Waals surface area contributed by atoms with E-state index >= 15 is 0 Å². The molecule has 1 amide bonds. The van der Waals surface area contributed by atoms with Gasteiger partial charge in [-0.2, -0.15) is 0 Å². The largest absolute Gasteiger partial charge is 0.330 e.